The molecule has 0 aromatic heterocycles. The standard InChI is InChI=1S/C13H13N3O/c1-14-10-2-3-12-9(6-10)7-11-8-15-4-5-16(11)13(12)17/h2-3,6,11,15H,4-5,7-8H2/t11-/m1/s1. The van der Waals surface area contributed by atoms with Crippen LogP contribution in [-0.2, 0) is 6.42 Å². The molecule has 1 saturated heterocycles. The number of benzene rings is 1. The second kappa shape index (κ2) is 3.86. The van der Waals surface area contributed by atoms with Crippen molar-refractivity contribution in [1.29, 1.82) is 0 Å². The van der Waals surface area contributed by atoms with E-state index in [9.17, 15) is 4.79 Å². The third-order valence-corrected chi connectivity index (χ3v) is 3.51. The van der Waals surface area contributed by atoms with Crippen LogP contribution in [0.25, 0.3) is 4.85 Å². The summed E-state index contributed by atoms with van der Waals surface area (Å²) in [5, 5.41) is 3.31. The van der Waals surface area contributed by atoms with Crippen molar-refractivity contribution in [1.82, 2.24) is 10.2 Å². The molecule has 1 amide bonds. The van der Waals surface area contributed by atoms with Gasteiger partial charge in [-0.05, 0) is 12.0 Å². The minimum absolute atomic E-state index is 0.120. The summed E-state index contributed by atoms with van der Waals surface area (Å²) in [4.78, 5) is 17.6. The fraction of sp³-hybridized carbons (Fsp3) is 0.385. The van der Waals surface area contributed by atoms with E-state index in [1.807, 2.05) is 11.0 Å². The Morgan fingerprint density at radius 3 is 3.18 bits per heavy atom. The Morgan fingerprint density at radius 1 is 1.47 bits per heavy atom. The lowest BCUT2D eigenvalue weighted by molar-refractivity contribution is 0.0606. The van der Waals surface area contributed by atoms with Gasteiger partial charge in [-0.25, -0.2) is 4.85 Å². The molecule has 0 radical (unpaired) electrons. The Hall–Kier alpha value is -1.86. The maximum Gasteiger partial charge on any atom is 0.254 e. The first kappa shape index (κ1) is 10.3. The second-order valence-electron chi connectivity index (χ2n) is 4.51. The minimum Gasteiger partial charge on any atom is -0.333 e. The number of hydrogen-bond donors (Lipinski definition) is 1. The molecule has 4 heteroatoms. The maximum absolute atomic E-state index is 12.3. The molecule has 0 saturated carbocycles. The zero-order chi connectivity index (χ0) is 11.8. The van der Waals surface area contributed by atoms with Gasteiger partial charge in [0, 0.05) is 31.2 Å². The van der Waals surface area contributed by atoms with E-state index >= 15 is 0 Å². The predicted octanol–water partition coefficient (Wildman–Crippen LogP) is 1.21. The zero-order valence-electron chi connectivity index (χ0n) is 9.44. The van der Waals surface area contributed by atoms with Gasteiger partial charge in [0.1, 0.15) is 0 Å². The molecule has 0 spiro atoms. The topological polar surface area (TPSA) is 36.7 Å². The molecule has 2 aliphatic rings. The van der Waals surface area contributed by atoms with E-state index in [0.29, 0.717) is 5.69 Å². The normalized spacial score (nSPS) is 22.6. The van der Waals surface area contributed by atoms with Gasteiger partial charge in [0.05, 0.1) is 6.57 Å². The Labute approximate surface area is 100 Å². The molecular formula is C13H13N3O. The van der Waals surface area contributed by atoms with Crippen LogP contribution in [0.5, 0.6) is 0 Å². The van der Waals surface area contributed by atoms with Crippen molar-refractivity contribution in [3.8, 4) is 0 Å². The highest BCUT2D eigenvalue weighted by Crippen LogP contribution is 2.27. The van der Waals surface area contributed by atoms with E-state index in [2.05, 4.69) is 10.2 Å². The van der Waals surface area contributed by atoms with Gasteiger partial charge in [0.25, 0.3) is 5.91 Å². The molecule has 1 fully saturated rings. The van der Waals surface area contributed by atoms with Gasteiger partial charge in [-0.3, -0.25) is 4.79 Å². The molecule has 86 valence electrons. The molecule has 3 rings (SSSR count). The quantitative estimate of drug-likeness (QED) is 0.676. The molecule has 2 aliphatic heterocycles. The van der Waals surface area contributed by atoms with Crippen LogP contribution in [0.2, 0.25) is 0 Å². The summed E-state index contributed by atoms with van der Waals surface area (Å²) >= 11 is 0. The van der Waals surface area contributed by atoms with Crippen LogP contribution in [0.4, 0.5) is 5.69 Å². The maximum atomic E-state index is 12.3. The van der Waals surface area contributed by atoms with Crippen LogP contribution in [-0.4, -0.2) is 36.5 Å². The van der Waals surface area contributed by atoms with Gasteiger partial charge >= 0.3 is 0 Å². The predicted molar refractivity (Wildman–Crippen MR) is 64.1 cm³/mol. The summed E-state index contributed by atoms with van der Waals surface area (Å²) in [7, 11) is 0. The van der Waals surface area contributed by atoms with Crippen LogP contribution in [0.15, 0.2) is 18.2 Å². The molecule has 2 heterocycles. The first-order chi connectivity index (χ1) is 8.29. The van der Waals surface area contributed by atoms with Crippen molar-refractivity contribution in [3.63, 3.8) is 0 Å². The summed E-state index contributed by atoms with van der Waals surface area (Å²) in [6.07, 6.45) is 0.859. The van der Waals surface area contributed by atoms with Crippen molar-refractivity contribution in [2.45, 2.75) is 12.5 Å². The minimum atomic E-state index is 0.120. The van der Waals surface area contributed by atoms with Gasteiger partial charge in [0.2, 0.25) is 0 Å². The van der Waals surface area contributed by atoms with Crippen molar-refractivity contribution < 1.29 is 4.79 Å². The van der Waals surface area contributed by atoms with Gasteiger partial charge in [-0.1, -0.05) is 18.2 Å². The number of carbonyl (C=O) groups excluding carboxylic acids is 1. The molecule has 1 atom stereocenters. The van der Waals surface area contributed by atoms with Crippen molar-refractivity contribution in [3.05, 3.63) is 40.7 Å². The molecule has 0 bridgehead atoms. The van der Waals surface area contributed by atoms with Crippen LogP contribution < -0.4 is 5.32 Å². The Balaban J connectivity index is 2.03. The summed E-state index contributed by atoms with van der Waals surface area (Å²) in [6.45, 7) is 9.52. The zero-order valence-corrected chi connectivity index (χ0v) is 9.44. The molecule has 0 unspecified atom stereocenters. The van der Waals surface area contributed by atoms with E-state index in [-0.39, 0.29) is 11.9 Å². The average molecular weight is 227 g/mol. The number of carbonyl (C=O) groups is 1. The fourth-order valence-corrected chi connectivity index (χ4v) is 2.65. The van der Waals surface area contributed by atoms with Crippen molar-refractivity contribution >= 4 is 11.6 Å². The van der Waals surface area contributed by atoms with E-state index in [1.54, 1.807) is 12.1 Å². The van der Waals surface area contributed by atoms with Gasteiger partial charge in [-0.15, -0.1) is 0 Å². The second-order valence-corrected chi connectivity index (χ2v) is 4.51. The van der Waals surface area contributed by atoms with E-state index in [0.717, 1.165) is 37.2 Å². The fourth-order valence-electron chi connectivity index (χ4n) is 2.65. The highest BCUT2D eigenvalue weighted by atomic mass is 16.2. The third kappa shape index (κ3) is 1.60. The monoisotopic (exact) mass is 227 g/mol. The number of nitrogens with one attached hydrogen (secondary N) is 1. The smallest absolute Gasteiger partial charge is 0.254 e. The molecule has 17 heavy (non-hydrogen) atoms. The molecule has 1 N–H and O–H groups in total. The van der Waals surface area contributed by atoms with Crippen LogP contribution in [0.3, 0.4) is 0 Å². The van der Waals surface area contributed by atoms with Gasteiger partial charge < -0.3 is 10.2 Å². The third-order valence-electron chi connectivity index (χ3n) is 3.51. The van der Waals surface area contributed by atoms with E-state index in [1.165, 1.54) is 0 Å². The molecule has 1 aromatic carbocycles. The summed E-state index contributed by atoms with van der Waals surface area (Å²) in [6, 6.07) is 5.63. The van der Waals surface area contributed by atoms with Crippen LogP contribution in [0, 0.1) is 6.57 Å². The van der Waals surface area contributed by atoms with Crippen molar-refractivity contribution in [2.75, 3.05) is 19.6 Å². The Bertz CT molecular complexity index is 518. The first-order valence-corrected chi connectivity index (χ1v) is 5.81. The van der Waals surface area contributed by atoms with Crippen LogP contribution >= 0.6 is 0 Å². The molecule has 1 aromatic rings. The number of amides is 1. The van der Waals surface area contributed by atoms with Crippen molar-refractivity contribution in [2.24, 2.45) is 0 Å². The first-order valence-electron chi connectivity index (χ1n) is 5.81. The Morgan fingerprint density at radius 2 is 2.35 bits per heavy atom. The number of fused-ring (bicyclic) bond motifs is 2. The highest BCUT2D eigenvalue weighted by molar-refractivity contribution is 5.97. The molecule has 4 nitrogen and oxygen atoms in total. The number of hydrogen-bond acceptors (Lipinski definition) is 2. The SMILES string of the molecule is [C-]#[N+]c1ccc2c(c1)C[C@@H]1CNCCN1C2=O. The lowest BCUT2D eigenvalue weighted by Gasteiger charge is -2.40. The number of rotatable bonds is 0. The molecule has 0 aliphatic carbocycles. The molecular weight excluding hydrogens is 214 g/mol. The summed E-state index contributed by atoms with van der Waals surface area (Å²) < 4.78 is 0. The highest BCUT2D eigenvalue weighted by Gasteiger charge is 2.33. The number of piperazine rings is 1. The summed E-state index contributed by atoms with van der Waals surface area (Å²) in [5.41, 5.74) is 2.41. The van der Waals surface area contributed by atoms with Gasteiger partial charge in [-0.2, -0.15) is 0 Å². The lowest BCUT2D eigenvalue weighted by Crippen LogP contribution is -2.56. The number of nitrogens with zero attached hydrogens (tertiary/aromatic N) is 2. The average Bonchev–Trinajstić information content (AvgIpc) is 2.38. The van der Waals surface area contributed by atoms with Gasteiger partial charge in [0.15, 0.2) is 5.69 Å². The van der Waals surface area contributed by atoms with Crippen LogP contribution in [0.1, 0.15) is 15.9 Å². The Kier molecular flexibility index (Phi) is 2.34. The summed E-state index contributed by atoms with van der Waals surface area (Å²) in [5.74, 6) is 0.120. The lowest BCUT2D eigenvalue weighted by atomic mass is 9.92. The van der Waals surface area contributed by atoms with E-state index in [4.69, 9.17) is 6.57 Å². The van der Waals surface area contributed by atoms with E-state index < -0.39 is 0 Å². The largest absolute Gasteiger partial charge is 0.333 e.